The molecular formula is C11H7BrClFN2O2. The topological polar surface area (TPSA) is 55.1 Å². The third-order valence-corrected chi connectivity index (χ3v) is 3.48. The number of aromatic carboxylic acids is 1. The number of hydrogen-bond acceptors (Lipinski definition) is 2. The van der Waals surface area contributed by atoms with E-state index < -0.39 is 11.8 Å². The molecule has 0 unspecified atom stereocenters. The lowest BCUT2D eigenvalue weighted by Crippen LogP contribution is -1.99. The summed E-state index contributed by atoms with van der Waals surface area (Å²) in [5, 5.41) is 12.7. The molecule has 0 amide bonds. The molecule has 0 fully saturated rings. The van der Waals surface area contributed by atoms with Crippen molar-refractivity contribution >= 4 is 33.5 Å². The second kappa shape index (κ2) is 4.70. The summed E-state index contributed by atoms with van der Waals surface area (Å²) in [5.41, 5.74) is 0.865. The zero-order chi connectivity index (χ0) is 13.4. The molecule has 1 N–H and O–H groups in total. The highest BCUT2D eigenvalue weighted by Gasteiger charge is 2.17. The molecule has 0 atom stereocenters. The van der Waals surface area contributed by atoms with Crippen LogP contribution in [0.4, 0.5) is 4.39 Å². The fourth-order valence-corrected chi connectivity index (χ4v) is 2.37. The average molecular weight is 334 g/mol. The van der Waals surface area contributed by atoms with Crippen LogP contribution < -0.4 is 0 Å². The summed E-state index contributed by atoms with van der Waals surface area (Å²) < 4.78 is 15.2. The number of carbonyl (C=O) groups is 1. The number of aromatic nitrogens is 2. The molecular weight excluding hydrogens is 326 g/mol. The Bertz CT molecular complexity index is 642. The van der Waals surface area contributed by atoms with E-state index in [4.69, 9.17) is 16.7 Å². The summed E-state index contributed by atoms with van der Waals surface area (Å²) >= 11 is 8.75. The number of benzene rings is 1. The molecule has 2 aromatic rings. The molecule has 0 spiro atoms. The zero-order valence-corrected chi connectivity index (χ0v) is 11.5. The van der Waals surface area contributed by atoms with E-state index in [-0.39, 0.29) is 15.2 Å². The van der Waals surface area contributed by atoms with Gasteiger partial charge in [0, 0.05) is 12.6 Å². The van der Waals surface area contributed by atoms with Crippen LogP contribution >= 0.6 is 27.5 Å². The quantitative estimate of drug-likeness (QED) is 0.858. The van der Waals surface area contributed by atoms with Crippen LogP contribution in [0.3, 0.4) is 0 Å². The monoisotopic (exact) mass is 332 g/mol. The molecule has 0 saturated heterocycles. The summed E-state index contributed by atoms with van der Waals surface area (Å²) in [6.45, 7) is 0. The van der Waals surface area contributed by atoms with Crippen molar-refractivity contribution in [1.82, 2.24) is 9.78 Å². The maximum atomic E-state index is 13.6. The molecule has 2 rings (SSSR count). The first-order valence-electron chi connectivity index (χ1n) is 4.83. The number of hydrogen-bond donors (Lipinski definition) is 1. The Balaban J connectivity index is 2.62. The van der Waals surface area contributed by atoms with E-state index in [0.29, 0.717) is 11.3 Å². The molecule has 0 bridgehead atoms. The van der Waals surface area contributed by atoms with Crippen LogP contribution in [0.15, 0.2) is 22.7 Å². The van der Waals surface area contributed by atoms with Crippen molar-refractivity contribution in [2.45, 2.75) is 0 Å². The Kier molecular flexibility index (Phi) is 3.41. The Morgan fingerprint density at radius 3 is 2.78 bits per heavy atom. The van der Waals surface area contributed by atoms with Crippen LogP contribution in [0.25, 0.3) is 11.3 Å². The second-order valence-corrected chi connectivity index (χ2v) is 4.77. The molecule has 0 aliphatic heterocycles. The molecule has 0 aliphatic carbocycles. The van der Waals surface area contributed by atoms with Gasteiger partial charge in [-0.1, -0.05) is 11.6 Å². The first-order valence-corrected chi connectivity index (χ1v) is 6.00. The van der Waals surface area contributed by atoms with Gasteiger partial charge in [-0.3, -0.25) is 4.68 Å². The molecule has 1 aromatic heterocycles. The summed E-state index contributed by atoms with van der Waals surface area (Å²) in [7, 11) is 1.58. The number of rotatable bonds is 2. The molecule has 0 aliphatic rings. The predicted molar refractivity (Wildman–Crippen MR) is 68.3 cm³/mol. The van der Waals surface area contributed by atoms with Crippen LogP contribution in [0, 0.1) is 5.82 Å². The van der Waals surface area contributed by atoms with Crippen LogP contribution in [-0.4, -0.2) is 20.9 Å². The third kappa shape index (κ3) is 2.13. The molecule has 4 nitrogen and oxygen atoms in total. The molecule has 94 valence electrons. The Morgan fingerprint density at radius 2 is 2.22 bits per heavy atom. The van der Waals surface area contributed by atoms with E-state index in [2.05, 4.69) is 21.0 Å². The fraction of sp³-hybridized carbons (Fsp3) is 0.0909. The number of aryl methyl sites for hydroxylation is 1. The molecule has 18 heavy (non-hydrogen) atoms. The number of carboxylic acid groups (broad SMARTS) is 1. The van der Waals surface area contributed by atoms with Crippen molar-refractivity contribution in [1.29, 1.82) is 0 Å². The highest BCUT2D eigenvalue weighted by molar-refractivity contribution is 9.10. The molecule has 1 aromatic carbocycles. The maximum Gasteiger partial charge on any atom is 0.356 e. The number of halogens is 3. The maximum absolute atomic E-state index is 13.6. The minimum absolute atomic E-state index is 0.00810. The zero-order valence-electron chi connectivity index (χ0n) is 9.12. The van der Waals surface area contributed by atoms with E-state index >= 15 is 0 Å². The van der Waals surface area contributed by atoms with Crippen LogP contribution in [-0.2, 0) is 7.05 Å². The lowest BCUT2D eigenvalue weighted by Gasteiger charge is -2.06. The minimum Gasteiger partial charge on any atom is -0.476 e. The van der Waals surface area contributed by atoms with Crippen molar-refractivity contribution in [3.05, 3.63) is 39.2 Å². The molecule has 0 saturated carbocycles. The lowest BCUT2D eigenvalue weighted by molar-refractivity contribution is 0.0689. The van der Waals surface area contributed by atoms with Gasteiger partial charge in [0.1, 0.15) is 0 Å². The second-order valence-electron chi connectivity index (χ2n) is 3.57. The van der Waals surface area contributed by atoms with Gasteiger partial charge in [0.05, 0.1) is 15.2 Å². The van der Waals surface area contributed by atoms with Gasteiger partial charge in [0.15, 0.2) is 11.5 Å². The largest absolute Gasteiger partial charge is 0.476 e. The van der Waals surface area contributed by atoms with Crippen molar-refractivity contribution in [3.8, 4) is 11.3 Å². The number of nitrogens with zero attached hydrogens (tertiary/aromatic N) is 2. The van der Waals surface area contributed by atoms with Gasteiger partial charge in [-0.25, -0.2) is 9.18 Å². The predicted octanol–water partition coefficient (Wildman–Crippen LogP) is 3.34. The summed E-state index contributed by atoms with van der Waals surface area (Å²) in [6.07, 6.45) is 0. The van der Waals surface area contributed by atoms with Crippen LogP contribution in [0.2, 0.25) is 5.02 Å². The van der Waals surface area contributed by atoms with Gasteiger partial charge in [0.25, 0.3) is 0 Å². The summed E-state index contributed by atoms with van der Waals surface area (Å²) in [6, 6.07) is 4.37. The van der Waals surface area contributed by atoms with Gasteiger partial charge < -0.3 is 5.11 Å². The van der Waals surface area contributed by atoms with E-state index in [0.717, 1.165) is 0 Å². The molecule has 7 heteroatoms. The SMILES string of the molecule is Cn1nc(C(=O)O)cc1-c1ccc(Cl)c(F)c1Br. The van der Waals surface area contributed by atoms with Gasteiger partial charge >= 0.3 is 5.97 Å². The highest BCUT2D eigenvalue weighted by Crippen LogP contribution is 2.33. The smallest absolute Gasteiger partial charge is 0.356 e. The number of carboxylic acids is 1. The normalized spacial score (nSPS) is 10.7. The van der Waals surface area contributed by atoms with E-state index in [1.807, 2.05) is 0 Å². The van der Waals surface area contributed by atoms with E-state index in [9.17, 15) is 9.18 Å². The first-order chi connectivity index (χ1) is 8.41. The van der Waals surface area contributed by atoms with Crippen molar-refractivity contribution in [2.24, 2.45) is 7.05 Å². The first kappa shape index (κ1) is 13.0. The van der Waals surface area contributed by atoms with Crippen LogP contribution in [0.5, 0.6) is 0 Å². The fourth-order valence-electron chi connectivity index (χ4n) is 1.55. The lowest BCUT2D eigenvalue weighted by atomic mass is 10.1. The van der Waals surface area contributed by atoms with Gasteiger partial charge in [-0.05, 0) is 34.1 Å². The highest BCUT2D eigenvalue weighted by atomic mass is 79.9. The minimum atomic E-state index is -1.14. The Labute approximate surface area is 115 Å². The van der Waals surface area contributed by atoms with Gasteiger partial charge in [0.2, 0.25) is 0 Å². The Morgan fingerprint density at radius 1 is 1.56 bits per heavy atom. The standard InChI is InChI=1S/C11H7BrClFN2O2/c1-16-8(4-7(15-16)11(17)18)5-2-3-6(13)10(14)9(5)12/h2-4H,1H3,(H,17,18). The average Bonchev–Trinajstić information content (AvgIpc) is 2.69. The van der Waals surface area contributed by atoms with Crippen molar-refractivity contribution < 1.29 is 14.3 Å². The van der Waals surface area contributed by atoms with Gasteiger partial charge in [-0.15, -0.1) is 0 Å². The molecule has 0 radical (unpaired) electrons. The summed E-state index contributed by atoms with van der Waals surface area (Å²) in [5.74, 6) is -1.73. The molecule has 1 heterocycles. The van der Waals surface area contributed by atoms with Gasteiger partial charge in [-0.2, -0.15) is 5.10 Å². The van der Waals surface area contributed by atoms with Crippen molar-refractivity contribution in [2.75, 3.05) is 0 Å². The van der Waals surface area contributed by atoms with Crippen LogP contribution in [0.1, 0.15) is 10.5 Å². The van der Waals surface area contributed by atoms with E-state index in [1.54, 1.807) is 13.1 Å². The van der Waals surface area contributed by atoms with Crippen molar-refractivity contribution in [3.63, 3.8) is 0 Å². The van der Waals surface area contributed by atoms with E-state index in [1.165, 1.54) is 16.8 Å². The summed E-state index contributed by atoms with van der Waals surface area (Å²) in [4.78, 5) is 10.8. The Hall–Kier alpha value is -1.40. The third-order valence-electron chi connectivity index (χ3n) is 2.41.